The van der Waals surface area contributed by atoms with Crippen molar-refractivity contribution in [1.29, 1.82) is 0 Å². The van der Waals surface area contributed by atoms with Crippen molar-refractivity contribution >= 4 is 15.9 Å². The van der Waals surface area contributed by atoms with Crippen LogP contribution in [0, 0.1) is 0 Å². The summed E-state index contributed by atoms with van der Waals surface area (Å²) in [6, 6.07) is 7.85. The second kappa shape index (κ2) is 5.07. The van der Waals surface area contributed by atoms with Gasteiger partial charge in [-0.3, -0.25) is 0 Å². The third kappa shape index (κ3) is 4.13. The van der Waals surface area contributed by atoms with Crippen molar-refractivity contribution in [1.82, 2.24) is 0 Å². The van der Waals surface area contributed by atoms with Crippen LogP contribution >= 0.6 is 15.9 Å². The molecule has 0 aliphatic rings. The van der Waals surface area contributed by atoms with E-state index in [1.165, 1.54) is 5.57 Å². The summed E-state index contributed by atoms with van der Waals surface area (Å²) in [7, 11) is 0. The smallest absolute Gasteiger partial charge is 0.120 e. The summed E-state index contributed by atoms with van der Waals surface area (Å²) in [6.07, 6.45) is 2.06. The van der Waals surface area contributed by atoms with Gasteiger partial charge in [0.15, 0.2) is 0 Å². The third-order valence-corrected chi connectivity index (χ3v) is 2.03. The molecule has 0 aromatic heterocycles. The van der Waals surface area contributed by atoms with Crippen LogP contribution in [0.2, 0.25) is 0 Å². The van der Waals surface area contributed by atoms with Crippen LogP contribution in [0.25, 0.3) is 0 Å². The van der Waals surface area contributed by atoms with E-state index in [0.29, 0.717) is 6.61 Å². The Morgan fingerprint density at radius 2 is 2.23 bits per heavy atom. The summed E-state index contributed by atoms with van der Waals surface area (Å²) >= 11 is 3.39. The molecule has 0 atom stereocenters. The molecular weight excluding hydrogens is 228 g/mol. The van der Waals surface area contributed by atoms with Crippen LogP contribution in [0.15, 0.2) is 40.4 Å². The van der Waals surface area contributed by atoms with Gasteiger partial charge in [0.1, 0.15) is 12.4 Å². The quantitative estimate of drug-likeness (QED) is 0.731. The summed E-state index contributed by atoms with van der Waals surface area (Å²) < 4.78 is 6.53. The van der Waals surface area contributed by atoms with Gasteiger partial charge in [0.25, 0.3) is 0 Å². The van der Waals surface area contributed by atoms with Crippen LogP contribution in [0.5, 0.6) is 5.75 Å². The lowest BCUT2D eigenvalue weighted by Gasteiger charge is -2.03. The van der Waals surface area contributed by atoms with E-state index in [0.717, 1.165) is 10.2 Å². The van der Waals surface area contributed by atoms with Gasteiger partial charge in [0.05, 0.1) is 0 Å². The first-order chi connectivity index (χ1) is 6.18. The molecule has 1 nitrogen and oxygen atoms in total. The summed E-state index contributed by atoms with van der Waals surface area (Å²) in [5, 5.41) is 0. The molecule has 0 heterocycles. The average Bonchev–Trinajstić information content (AvgIpc) is 2.03. The van der Waals surface area contributed by atoms with Gasteiger partial charge in [-0.2, -0.15) is 0 Å². The molecule has 0 aliphatic carbocycles. The maximum absolute atomic E-state index is 5.49. The van der Waals surface area contributed by atoms with Crippen molar-refractivity contribution in [2.24, 2.45) is 0 Å². The average molecular weight is 241 g/mol. The molecule has 1 rings (SSSR count). The molecule has 0 bridgehead atoms. The number of allylic oxidation sites excluding steroid dienone is 1. The van der Waals surface area contributed by atoms with Crippen LogP contribution in [0.4, 0.5) is 0 Å². The predicted octanol–water partition coefficient (Wildman–Crippen LogP) is 3.79. The fourth-order valence-electron chi connectivity index (χ4n) is 0.861. The topological polar surface area (TPSA) is 9.23 Å². The maximum atomic E-state index is 5.49. The van der Waals surface area contributed by atoms with Gasteiger partial charge in [-0.05, 0) is 38.1 Å². The number of benzene rings is 1. The van der Waals surface area contributed by atoms with E-state index in [9.17, 15) is 0 Å². The Balaban J connectivity index is 2.50. The second-order valence-corrected chi connectivity index (χ2v) is 3.97. The third-order valence-electron chi connectivity index (χ3n) is 1.54. The first kappa shape index (κ1) is 10.3. The Morgan fingerprint density at radius 1 is 1.46 bits per heavy atom. The van der Waals surface area contributed by atoms with E-state index < -0.39 is 0 Å². The monoisotopic (exact) mass is 240 g/mol. The highest BCUT2D eigenvalue weighted by atomic mass is 79.9. The molecule has 0 unspecified atom stereocenters. The lowest BCUT2D eigenvalue weighted by atomic mass is 10.3. The zero-order valence-electron chi connectivity index (χ0n) is 7.88. The molecule has 0 aliphatic heterocycles. The minimum atomic E-state index is 0.638. The van der Waals surface area contributed by atoms with Crippen molar-refractivity contribution in [3.05, 3.63) is 40.4 Å². The number of halogens is 1. The molecule has 0 radical (unpaired) electrons. The Bertz CT molecular complexity index is 301. The van der Waals surface area contributed by atoms with Crippen LogP contribution in [-0.2, 0) is 0 Å². The van der Waals surface area contributed by atoms with E-state index in [1.807, 2.05) is 24.3 Å². The molecule has 0 N–H and O–H groups in total. The number of hydrogen-bond donors (Lipinski definition) is 0. The highest BCUT2D eigenvalue weighted by Crippen LogP contribution is 2.17. The Labute approximate surface area is 87.5 Å². The van der Waals surface area contributed by atoms with E-state index in [1.54, 1.807) is 0 Å². The molecule has 0 saturated carbocycles. The van der Waals surface area contributed by atoms with Crippen LogP contribution in [0.1, 0.15) is 13.8 Å². The SMILES string of the molecule is CC(C)=CCOc1cccc(Br)c1. The molecule has 0 saturated heterocycles. The predicted molar refractivity (Wildman–Crippen MR) is 59.1 cm³/mol. The van der Waals surface area contributed by atoms with Crippen molar-refractivity contribution < 1.29 is 4.74 Å². The lowest BCUT2D eigenvalue weighted by molar-refractivity contribution is 0.362. The molecule has 1 aromatic rings. The Morgan fingerprint density at radius 3 is 2.85 bits per heavy atom. The van der Waals surface area contributed by atoms with E-state index in [4.69, 9.17) is 4.74 Å². The normalized spacial score (nSPS) is 9.46. The van der Waals surface area contributed by atoms with Crippen LogP contribution < -0.4 is 4.74 Å². The summed E-state index contributed by atoms with van der Waals surface area (Å²) in [4.78, 5) is 0. The number of rotatable bonds is 3. The standard InChI is InChI=1S/C11H13BrO/c1-9(2)6-7-13-11-5-3-4-10(12)8-11/h3-6,8H,7H2,1-2H3. The Hall–Kier alpha value is -0.760. The molecule has 70 valence electrons. The fourth-order valence-corrected chi connectivity index (χ4v) is 1.24. The molecule has 0 amide bonds. The first-order valence-corrected chi connectivity index (χ1v) is 4.99. The Kier molecular flexibility index (Phi) is 4.03. The van der Waals surface area contributed by atoms with Crippen molar-refractivity contribution in [2.45, 2.75) is 13.8 Å². The first-order valence-electron chi connectivity index (χ1n) is 4.20. The van der Waals surface area contributed by atoms with Crippen LogP contribution in [0.3, 0.4) is 0 Å². The van der Waals surface area contributed by atoms with Gasteiger partial charge in [0, 0.05) is 4.47 Å². The molecule has 0 fully saturated rings. The molecule has 13 heavy (non-hydrogen) atoms. The van der Waals surface area contributed by atoms with E-state index in [2.05, 4.69) is 35.9 Å². The fraction of sp³-hybridized carbons (Fsp3) is 0.273. The minimum absolute atomic E-state index is 0.638. The van der Waals surface area contributed by atoms with Crippen molar-refractivity contribution in [2.75, 3.05) is 6.61 Å². The second-order valence-electron chi connectivity index (χ2n) is 3.05. The van der Waals surface area contributed by atoms with Gasteiger partial charge in [-0.1, -0.05) is 27.6 Å². The van der Waals surface area contributed by atoms with Gasteiger partial charge < -0.3 is 4.74 Å². The zero-order chi connectivity index (χ0) is 9.68. The minimum Gasteiger partial charge on any atom is -0.489 e. The van der Waals surface area contributed by atoms with Crippen molar-refractivity contribution in [3.63, 3.8) is 0 Å². The van der Waals surface area contributed by atoms with E-state index in [-0.39, 0.29) is 0 Å². The lowest BCUT2D eigenvalue weighted by Crippen LogP contribution is -1.93. The van der Waals surface area contributed by atoms with Gasteiger partial charge in [-0.25, -0.2) is 0 Å². The molecule has 0 spiro atoms. The molecule has 2 heteroatoms. The number of ether oxygens (including phenoxy) is 1. The maximum Gasteiger partial charge on any atom is 0.120 e. The largest absolute Gasteiger partial charge is 0.489 e. The highest BCUT2D eigenvalue weighted by Gasteiger charge is 1.91. The summed E-state index contributed by atoms with van der Waals surface area (Å²) in [5.41, 5.74) is 1.27. The molecular formula is C11H13BrO. The van der Waals surface area contributed by atoms with Gasteiger partial charge in [0.2, 0.25) is 0 Å². The molecule has 1 aromatic carbocycles. The van der Waals surface area contributed by atoms with Gasteiger partial charge in [-0.15, -0.1) is 0 Å². The van der Waals surface area contributed by atoms with Crippen molar-refractivity contribution in [3.8, 4) is 5.75 Å². The van der Waals surface area contributed by atoms with Gasteiger partial charge >= 0.3 is 0 Å². The van der Waals surface area contributed by atoms with Crippen LogP contribution in [-0.4, -0.2) is 6.61 Å². The number of hydrogen-bond acceptors (Lipinski definition) is 1. The summed E-state index contributed by atoms with van der Waals surface area (Å²) in [5.74, 6) is 0.895. The highest BCUT2D eigenvalue weighted by molar-refractivity contribution is 9.10. The van der Waals surface area contributed by atoms with E-state index >= 15 is 0 Å². The summed E-state index contributed by atoms with van der Waals surface area (Å²) in [6.45, 7) is 4.76. The zero-order valence-corrected chi connectivity index (χ0v) is 9.47.